The predicted octanol–water partition coefficient (Wildman–Crippen LogP) is 4.00. The number of fused-ring (bicyclic) bond motifs is 1. The number of ether oxygens (including phenoxy) is 2. The average Bonchev–Trinajstić information content (AvgIpc) is 3.09. The first kappa shape index (κ1) is 17.2. The maximum atomic E-state index is 13.3. The van der Waals surface area contributed by atoms with Crippen LogP contribution >= 0.6 is 23.4 Å². The van der Waals surface area contributed by atoms with Gasteiger partial charge >= 0.3 is 0 Å². The number of halogens is 1. The third-order valence-electron chi connectivity index (χ3n) is 4.06. The van der Waals surface area contributed by atoms with Gasteiger partial charge in [0.15, 0.2) is 16.7 Å². The van der Waals surface area contributed by atoms with E-state index in [-0.39, 0.29) is 18.6 Å². The number of carbonyl (C=O) groups excluding carboxylic acids is 1. The molecule has 2 aliphatic rings. The Bertz CT molecular complexity index is 856. The number of nitrogens with zero attached hydrogens (tertiary/aromatic N) is 2. The number of carbonyl (C=O) groups is 1. The highest BCUT2D eigenvalue weighted by molar-refractivity contribution is 8.14. The van der Waals surface area contributed by atoms with Gasteiger partial charge in [-0.3, -0.25) is 14.7 Å². The molecule has 0 radical (unpaired) electrons. The lowest BCUT2D eigenvalue weighted by molar-refractivity contribution is -0.126. The highest BCUT2D eigenvalue weighted by atomic mass is 35.5. The van der Waals surface area contributed by atoms with Gasteiger partial charge in [-0.2, -0.15) is 0 Å². The number of amides is 1. The molecule has 7 heteroatoms. The van der Waals surface area contributed by atoms with Crippen LogP contribution in [-0.4, -0.2) is 35.6 Å². The molecule has 0 bridgehead atoms. The first-order valence-corrected chi connectivity index (χ1v) is 9.67. The minimum Gasteiger partial charge on any atom is -0.485 e. The number of para-hydroxylation sites is 2. The van der Waals surface area contributed by atoms with Crippen LogP contribution in [0.4, 0.5) is 5.69 Å². The number of thioether (sulfide) groups is 1. The molecule has 0 saturated heterocycles. The largest absolute Gasteiger partial charge is 0.485 e. The summed E-state index contributed by atoms with van der Waals surface area (Å²) in [5.74, 6) is 1.86. The fraction of sp³-hybridized carbons (Fsp3) is 0.263. The Morgan fingerprint density at radius 2 is 1.92 bits per heavy atom. The molecule has 26 heavy (non-hydrogen) atoms. The smallest absolute Gasteiger partial charge is 0.277 e. The Morgan fingerprint density at radius 1 is 1.19 bits per heavy atom. The summed E-state index contributed by atoms with van der Waals surface area (Å²) in [6.07, 6.45) is -0.736. The fourth-order valence-electron chi connectivity index (χ4n) is 2.79. The average molecular weight is 389 g/mol. The molecule has 0 fully saturated rings. The maximum Gasteiger partial charge on any atom is 0.277 e. The molecular formula is C19H17ClN2O3S. The van der Waals surface area contributed by atoms with Crippen LogP contribution in [0, 0.1) is 0 Å². The van der Waals surface area contributed by atoms with Crippen LogP contribution < -0.4 is 14.4 Å². The van der Waals surface area contributed by atoms with Gasteiger partial charge in [0.25, 0.3) is 5.91 Å². The molecule has 2 heterocycles. The van der Waals surface area contributed by atoms with Crippen molar-refractivity contribution in [2.45, 2.75) is 19.1 Å². The summed E-state index contributed by atoms with van der Waals surface area (Å²) in [4.78, 5) is 19.5. The van der Waals surface area contributed by atoms with E-state index in [1.165, 1.54) is 0 Å². The van der Waals surface area contributed by atoms with Crippen LogP contribution in [0.3, 0.4) is 0 Å². The summed E-state index contributed by atoms with van der Waals surface area (Å²) >= 11 is 7.56. The van der Waals surface area contributed by atoms with Gasteiger partial charge in [-0.15, -0.1) is 0 Å². The summed E-state index contributed by atoms with van der Waals surface area (Å²) in [5.41, 5.74) is 0.710. The van der Waals surface area contributed by atoms with Gasteiger partial charge in [0.05, 0.1) is 11.7 Å². The molecule has 0 aliphatic carbocycles. The topological polar surface area (TPSA) is 51.1 Å². The van der Waals surface area contributed by atoms with Gasteiger partial charge in [-0.1, -0.05) is 35.5 Å². The number of aliphatic imine (C=N–C) groups is 1. The van der Waals surface area contributed by atoms with Crippen molar-refractivity contribution in [1.82, 2.24) is 0 Å². The summed E-state index contributed by atoms with van der Waals surface area (Å²) < 4.78 is 11.6. The van der Waals surface area contributed by atoms with Crippen LogP contribution in [0.2, 0.25) is 5.02 Å². The Morgan fingerprint density at radius 3 is 2.62 bits per heavy atom. The second-order valence-electron chi connectivity index (χ2n) is 6.09. The quantitative estimate of drug-likeness (QED) is 0.780. The van der Waals surface area contributed by atoms with Gasteiger partial charge in [0.2, 0.25) is 6.10 Å². The third-order valence-corrected chi connectivity index (χ3v) is 5.51. The monoisotopic (exact) mass is 388 g/mol. The van der Waals surface area contributed by atoms with E-state index >= 15 is 0 Å². The first-order valence-electron chi connectivity index (χ1n) is 8.30. The highest BCUT2D eigenvalue weighted by Gasteiger charge is 2.35. The minimum atomic E-state index is -0.736. The van der Waals surface area contributed by atoms with Gasteiger partial charge in [0, 0.05) is 10.8 Å². The molecule has 0 aromatic heterocycles. The van der Waals surface area contributed by atoms with Crippen LogP contribution in [0.5, 0.6) is 11.5 Å². The Labute approximate surface area is 161 Å². The molecular weight excluding hydrogens is 372 g/mol. The molecule has 2 atom stereocenters. The van der Waals surface area contributed by atoms with Gasteiger partial charge < -0.3 is 9.47 Å². The zero-order valence-corrected chi connectivity index (χ0v) is 15.7. The lowest BCUT2D eigenvalue weighted by atomic mass is 10.2. The molecule has 1 amide bonds. The number of rotatable bonds is 2. The summed E-state index contributed by atoms with van der Waals surface area (Å²) in [5, 5.41) is 1.29. The van der Waals surface area contributed by atoms with E-state index in [9.17, 15) is 4.79 Å². The predicted molar refractivity (Wildman–Crippen MR) is 105 cm³/mol. The van der Waals surface area contributed by atoms with Crippen LogP contribution in [0.25, 0.3) is 0 Å². The number of anilines is 1. The fourth-order valence-corrected chi connectivity index (χ4v) is 3.96. The normalized spacial score (nSPS) is 21.2. The van der Waals surface area contributed by atoms with Crippen molar-refractivity contribution in [1.29, 1.82) is 0 Å². The van der Waals surface area contributed by atoms with E-state index in [1.807, 2.05) is 37.3 Å². The third kappa shape index (κ3) is 3.39. The summed E-state index contributed by atoms with van der Waals surface area (Å²) in [6, 6.07) is 14.6. The number of benzene rings is 2. The molecule has 0 N–H and O–H groups in total. The van der Waals surface area contributed by atoms with Gasteiger partial charge in [0.1, 0.15) is 6.61 Å². The van der Waals surface area contributed by atoms with Crippen molar-refractivity contribution in [3.8, 4) is 11.5 Å². The van der Waals surface area contributed by atoms with Gasteiger partial charge in [-0.25, -0.2) is 0 Å². The Balaban J connectivity index is 1.65. The van der Waals surface area contributed by atoms with Crippen LogP contribution in [-0.2, 0) is 4.79 Å². The second-order valence-corrected chi connectivity index (χ2v) is 7.51. The number of hydrogen-bond acceptors (Lipinski definition) is 5. The maximum absolute atomic E-state index is 13.3. The number of amidine groups is 1. The molecule has 0 unspecified atom stereocenters. The van der Waals surface area contributed by atoms with E-state index in [2.05, 4.69) is 4.99 Å². The SMILES string of the molecule is C[C@@H]1CSC(N(C(=O)[C@@H]2COc3ccccc3O2)c2ccc(Cl)cc2)=N1. The molecule has 0 saturated carbocycles. The summed E-state index contributed by atoms with van der Waals surface area (Å²) in [7, 11) is 0. The van der Waals surface area contributed by atoms with Crippen molar-refractivity contribution in [3.63, 3.8) is 0 Å². The Hall–Kier alpha value is -2.18. The van der Waals surface area contributed by atoms with Crippen molar-refractivity contribution in [2.24, 2.45) is 4.99 Å². The van der Waals surface area contributed by atoms with Gasteiger partial charge in [-0.05, 0) is 43.3 Å². The van der Waals surface area contributed by atoms with E-state index < -0.39 is 6.10 Å². The lowest BCUT2D eigenvalue weighted by Gasteiger charge is -2.30. The molecule has 5 nitrogen and oxygen atoms in total. The lowest BCUT2D eigenvalue weighted by Crippen LogP contribution is -2.48. The number of hydrogen-bond donors (Lipinski definition) is 0. The molecule has 2 aromatic rings. The second kappa shape index (κ2) is 7.21. The Kier molecular flexibility index (Phi) is 4.78. The van der Waals surface area contributed by atoms with Crippen LogP contribution in [0.1, 0.15) is 6.92 Å². The van der Waals surface area contributed by atoms with E-state index in [4.69, 9.17) is 21.1 Å². The van der Waals surface area contributed by atoms with Crippen molar-refractivity contribution in [2.75, 3.05) is 17.3 Å². The first-order chi connectivity index (χ1) is 12.6. The molecule has 0 spiro atoms. The highest BCUT2D eigenvalue weighted by Crippen LogP contribution is 2.33. The zero-order valence-electron chi connectivity index (χ0n) is 14.1. The van der Waals surface area contributed by atoms with E-state index in [1.54, 1.807) is 34.9 Å². The summed E-state index contributed by atoms with van der Waals surface area (Å²) in [6.45, 7) is 2.19. The molecule has 4 rings (SSSR count). The van der Waals surface area contributed by atoms with Crippen LogP contribution in [0.15, 0.2) is 53.5 Å². The van der Waals surface area contributed by atoms with E-state index in [0.717, 1.165) is 5.75 Å². The zero-order chi connectivity index (χ0) is 18.1. The van der Waals surface area contributed by atoms with E-state index in [0.29, 0.717) is 27.4 Å². The van der Waals surface area contributed by atoms with Crippen molar-refractivity contribution in [3.05, 3.63) is 53.6 Å². The molecule has 2 aromatic carbocycles. The standard InChI is InChI=1S/C19H17ClN2O3S/c1-12-11-26-19(21-12)22(14-8-6-13(20)7-9-14)18(23)17-10-24-15-4-2-3-5-16(15)25-17/h2-9,12,17H,10-11H2,1H3/t12-,17+/m1/s1. The van der Waals surface area contributed by atoms with Crippen molar-refractivity contribution >= 4 is 40.1 Å². The van der Waals surface area contributed by atoms with Crippen molar-refractivity contribution < 1.29 is 14.3 Å². The minimum absolute atomic E-state index is 0.160. The molecule has 134 valence electrons. The molecule has 2 aliphatic heterocycles.